The van der Waals surface area contributed by atoms with Crippen molar-refractivity contribution < 1.29 is 23.8 Å². The lowest BCUT2D eigenvalue weighted by molar-refractivity contribution is -0.136. The summed E-state index contributed by atoms with van der Waals surface area (Å²) >= 11 is 7.76. The number of methoxy groups -OCH3 is 1. The van der Waals surface area contributed by atoms with Crippen LogP contribution in [0.25, 0.3) is 0 Å². The SMILES string of the molecule is COC(=O)C1=C(Nc2cc(I)c(Cl)cc2F)C(=O)N(CCO)C1. The summed E-state index contributed by atoms with van der Waals surface area (Å²) < 4.78 is 19.3. The van der Waals surface area contributed by atoms with E-state index < -0.39 is 17.7 Å². The Balaban J connectivity index is 2.39. The van der Waals surface area contributed by atoms with E-state index in [4.69, 9.17) is 16.7 Å². The third kappa shape index (κ3) is 3.75. The molecule has 1 aromatic rings. The summed E-state index contributed by atoms with van der Waals surface area (Å²) in [6, 6.07) is 2.55. The highest BCUT2D eigenvalue weighted by molar-refractivity contribution is 14.1. The average molecular weight is 455 g/mol. The van der Waals surface area contributed by atoms with Gasteiger partial charge in [-0.15, -0.1) is 0 Å². The van der Waals surface area contributed by atoms with Crippen LogP contribution in [0.15, 0.2) is 23.4 Å². The molecular formula is C14H13ClFIN2O4. The van der Waals surface area contributed by atoms with Crippen LogP contribution in [0, 0.1) is 9.39 Å². The highest BCUT2D eigenvalue weighted by Crippen LogP contribution is 2.29. The molecule has 1 aliphatic rings. The molecule has 0 fully saturated rings. The maximum absolute atomic E-state index is 14.0. The topological polar surface area (TPSA) is 78.9 Å². The monoisotopic (exact) mass is 454 g/mol. The Kier molecular flexibility index (Phi) is 5.82. The molecule has 9 heteroatoms. The minimum atomic E-state index is -0.689. The zero-order valence-corrected chi connectivity index (χ0v) is 14.9. The van der Waals surface area contributed by atoms with E-state index in [9.17, 15) is 14.0 Å². The number of nitrogens with one attached hydrogen (secondary N) is 1. The van der Waals surface area contributed by atoms with Gasteiger partial charge in [0.25, 0.3) is 5.91 Å². The molecule has 0 saturated carbocycles. The van der Waals surface area contributed by atoms with Gasteiger partial charge < -0.3 is 20.1 Å². The first-order valence-corrected chi connectivity index (χ1v) is 7.97. The van der Waals surface area contributed by atoms with E-state index in [1.165, 1.54) is 18.1 Å². The van der Waals surface area contributed by atoms with Gasteiger partial charge >= 0.3 is 5.97 Å². The van der Waals surface area contributed by atoms with E-state index in [2.05, 4.69) is 10.1 Å². The fourth-order valence-electron chi connectivity index (χ4n) is 2.10. The third-order valence-electron chi connectivity index (χ3n) is 3.22. The van der Waals surface area contributed by atoms with Crippen molar-refractivity contribution in [3.8, 4) is 0 Å². The third-order valence-corrected chi connectivity index (χ3v) is 4.75. The van der Waals surface area contributed by atoms with Crippen LogP contribution >= 0.6 is 34.2 Å². The van der Waals surface area contributed by atoms with Crippen molar-refractivity contribution in [1.29, 1.82) is 0 Å². The molecule has 0 bridgehead atoms. The molecule has 1 amide bonds. The first kappa shape index (κ1) is 18.0. The standard InChI is InChI=1S/C14H13ClFIN2O4/c1-23-14(22)7-6-19(2-3-20)13(21)12(7)18-11-5-10(17)8(15)4-9(11)16/h4-5,18,20H,2-3,6H2,1H3. The first-order chi connectivity index (χ1) is 10.9. The lowest BCUT2D eigenvalue weighted by Gasteiger charge is -2.15. The number of carbonyl (C=O) groups excluding carboxylic acids is 2. The summed E-state index contributed by atoms with van der Waals surface area (Å²) in [6.45, 7) is -0.202. The predicted molar refractivity (Wildman–Crippen MR) is 90.5 cm³/mol. The Morgan fingerprint density at radius 1 is 1.57 bits per heavy atom. The number of aliphatic hydroxyl groups excluding tert-OH is 1. The van der Waals surface area contributed by atoms with E-state index in [0.29, 0.717) is 3.57 Å². The summed E-state index contributed by atoms with van der Waals surface area (Å²) in [6.07, 6.45) is 0. The van der Waals surface area contributed by atoms with Crippen molar-refractivity contribution in [2.45, 2.75) is 0 Å². The minimum absolute atomic E-state index is 0.0132. The number of hydrogen-bond donors (Lipinski definition) is 2. The molecule has 0 saturated heterocycles. The largest absolute Gasteiger partial charge is 0.466 e. The van der Waals surface area contributed by atoms with Gasteiger partial charge in [0.15, 0.2) is 0 Å². The second-order valence-electron chi connectivity index (χ2n) is 4.67. The van der Waals surface area contributed by atoms with Crippen molar-refractivity contribution in [2.24, 2.45) is 0 Å². The zero-order valence-electron chi connectivity index (χ0n) is 12.0. The minimum Gasteiger partial charge on any atom is -0.466 e. The number of amides is 1. The molecule has 0 spiro atoms. The van der Waals surface area contributed by atoms with Crippen LogP contribution in [0.3, 0.4) is 0 Å². The highest BCUT2D eigenvalue weighted by atomic mass is 127. The lowest BCUT2D eigenvalue weighted by Crippen LogP contribution is -2.31. The molecule has 0 aromatic heterocycles. The molecule has 0 radical (unpaired) electrons. The van der Waals surface area contributed by atoms with Gasteiger partial charge in [-0.1, -0.05) is 11.6 Å². The summed E-state index contributed by atoms with van der Waals surface area (Å²) in [7, 11) is 1.19. The van der Waals surface area contributed by atoms with Crippen molar-refractivity contribution >= 4 is 51.8 Å². The van der Waals surface area contributed by atoms with Crippen LogP contribution in [-0.4, -0.2) is 48.7 Å². The van der Waals surface area contributed by atoms with Crippen molar-refractivity contribution in [3.63, 3.8) is 0 Å². The number of halogens is 3. The summed E-state index contributed by atoms with van der Waals surface area (Å²) in [4.78, 5) is 25.4. The quantitative estimate of drug-likeness (QED) is 0.403. The number of rotatable bonds is 5. The Morgan fingerprint density at radius 2 is 2.26 bits per heavy atom. The molecule has 23 heavy (non-hydrogen) atoms. The Morgan fingerprint density at radius 3 is 2.87 bits per heavy atom. The maximum Gasteiger partial charge on any atom is 0.337 e. The van der Waals surface area contributed by atoms with Gasteiger partial charge in [0.2, 0.25) is 0 Å². The fourth-order valence-corrected chi connectivity index (χ4v) is 2.72. The van der Waals surface area contributed by atoms with Crippen molar-refractivity contribution in [3.05, 3.63) is 37.8 Å². The molecule has 2 N–H and O–H groups in total. The number of aliphatic hydroxyl groups is 1. The summed E-state index contributed by atoms with van der Waals surface area (Å²) in [5, 5.41) is 11.9. The Labute approximate surface area is 150 Å². The molecule has 2 rings (SSSR count). The maximum atomic E-state index is 14.0. The lowest BCUT2D eigenvalue weighted by atomic mass is 10.2. The average Bonchev–Trinajstić information content (AvgIpc) is 2.81. The summed E-state index contributed by atoms with van der Waals surface area (Å²) in [5.74, 6) is -1.85. The fraction of sp³-hybridized carbons (Fsp3) is 0.286. The van der Waals surface area contributed by atoms with Crippen LogP contribution in [0.4, 0.5) is 10.1 Å². The molecule has 0 aliphatic carbocycles. The number of anilines is 1. The molecule has 1 aliphatic heterocycles. The second kappa shape index (κ2) is 7.45. The first-order valence-electron chi connectivity index (χ1n) is 6.52. The van der Waals surface area contributed by atoms with Gasteiger partial charge in [0.1, 0.15) is 11.5 Å². The normalized spacial score (nSPS) is 14.5. The molecule has 0 atom stereocenters. The highest BCUT2D eigenvalue weighted by Gasteiger charge is 2.34. The number of β-amino-alcohol motifs (C(OH)–C–C–N with tert-alkyl or cyclic N) is 1. The van der Waals surface area contributed by atoms with Gasteiger partial charge in [-0.2, -0.15) is 0 Å². The predicted octanol–water partition coefficient (Wildman–Crippen LogP) is 1.76. The van der Waals surface area contributed by atoms with Crippen molar-refractivity contribution in [1.82, 2.24) is 4.90 Å². The number of esters is 1. The number of hydrogen-bond acceptors (Lipinski definition) is 5. The molecule has 0 unspecified atom stereocenters. The summed E-state index contributed by atoms with van der Waals surface area (Å²) in [5.41, 5.74) is 0.0343. The molecule has 1 aromatic carbocycles. The zero-order chi connectivity index (χ0) is 17.1. The van der Waals surface area contributed by atoms with Crippen LogP contribution in [0.5, 0.6) is 0 Å². The number of nitrogens with zero attached hydrogens (tertiary/aromatic N) is 1. The van der Waals surface area contributed by atoms with E-state index >= 15 is 0 Å². The van der Waals surface area contributed by atoms with E-state index in [-0.39, 0.29) is 41.7 Å². The van der Waals surface area contributed by atoms with Gasteiger partial charge in [-0.05, 0) is 34.7 Å². The van der Waals surface area contributed by atoms with Crippen molar-refractivity contribution in [2.75, 3.05) is 32.1 Å². The van der Waals surface area contributed by atoms with E-state index in [0.717, 1.165) is 6.07 Å². The molecule has 1 heterocycles. The van der Waals surface area contributed by atoms with Crippen LogP contribution in [0.1, 0.15) is 0 Å². The smallest absolute Gasteiger partial charge is 0.337 e. The van der Waals surface area contributed by atoms with E-state index in [1.54, 1.807) is 0 Å². The van der Waals surface area contributed by atoms with Crippen LogP contribution < -0.4 is 5.32 Å². The second-order valence-corrected chi connectivity index (χ2v) is 6.24. The Hall–Kier alpha value is -1.39. The van der Waals surface area contributed by atoms with Crippen LogP contribution in [-0.2, 0) is 14.3 Å². The van der Waals surface area contributed by atoms with E-state index in [1.807, 2.05) is 22.6 Å². The van der Waals surface area contributed by atoms with Gasteiger partial charge in [-0.3, -0.25) is 4.79 Å². The van der Waals surface area contributed by atoms with Crippen LogP contribution in [0.2, 0.25) is 5.02 Å². The number of ether oxygens (including phenoxy) is 1. The van der Waals surface area contributed by atoms with Gasteiger partial charge in [0, 0.05) is 10.1 Å². The van der Waals surface area contributed by atoms with Gasteiger partial charge in [-0.25, -0.2) is 9.18 Å². The number of carbonyl (C=O) groups is 2. The Bertz CT molecular complexity index is 696. The molecule has 6 nitrogen and oxygen atoms in total. The molecular weight excluding hydrogens is 442 g/mol. The molecule has 124 valence electrons. The number of benzene rings is 1. The van der Waals surface area contributed by atoms with Gasteiger partial charge in [0.05, 0.1) is 36.5 Å².